The van der Waals surface area contributed by atoms with Crippen LogP contribution >= 0.6 is 24.8 Å². The van der Waals surface area contributed by atoms with Crippen molar-refractivity contribution in [1.82, 2.24) is 4.90 Å². The number of piperidine rings is 1. The van der Waals surface area contributed by atoms with Gasteiger partial charge in [-0.2, -0.15) is 0 Å². The highest BCUT2D eigenvalue weighted by molar-refractivity contribution is 5.85. The summed E-state index contributed by atoms with van der Waals surface area (Å²) in [6.45, 7) is 4.95. The van der Waals surface area contributed by atoms with Crippen molar-refractivity contribution in [2.45, 2.75) is 45.6 Å². The molecule has 1 aliphatic rings. The predicted molar refractivity (Wildman–Crippen MR) is 132 cm³/mol. The van der Waals surface area contributed by atoms with Crippen LogP contribution in [0.5, 0.6) is 5.75 Å². The molecule has 0 aliphatic carbocycles. The fraction of sp³-hybridized carbons (Fsp3) is 0.480. The first kappa shape index (κ1) is 27.3. The van der Waals surface area contributed by atoms with Gasteiger partial charge in [0.2, 0.25) is 0 Å². The Morgan fingerprint density at radius 1 is 1.13 bits per heavy atom. The Morgan fingerprint density at radius 3 is 2.48 bits per heavy atom. The van der Waals surface area contributed by atoms with E-state index in [1.165, 1.54) is 16.7 Å². The zero-order valence-corrected chi connectivity index (χ0v) is 20.1. The maximum absolute atomic E-state index is 11.7. The van der Waals surface area contributed by atoms with Gasteiger partial charge in [-0.25, -0.2) is 0 Å². The van der Waals surface area contributed by atoms with Crippen LogP contribution in [0.3, 0.4) is 0 Å². The molecule has 0 radical (unpaired) electrons. The number of carboxylic acid groups (broad SMARTS) is 1. The molecule has 1 fully saturated rings. The van der Waals surface area contributed by atoms with Crippen molar-refractivity contribution < 1.29 is 14.6 Å². The van der Waals surface area contributed by atoms with E-state index in [0.717, 1.165) is 57.5 Å². The molecule has 6 heteroatoms. The number of likely N-dealkylation sites (tertiary alicyclic amines) is 1. The van der Waals surface area contributed by atoms with Gasteiger partial charge in [0.25, 0.3) is 0 Å². The van der Waals surface area contributed by atoms with Crippen molar-refractivity contribution in [2.75, 3.05) is 20.2 Å². The Balaban J connectivity index is 0.00000240. The van der Waals surface area contributed by atoms with Crippen LogP contribution in [0.15, 0.2) is 48.5 Å². The molecule has 172 valence electrons. The van der Waals surface area contributed by atoms with Crippen molar-refractivity contribution in [1.29, 1.82) is 0 Å². The number of nitrogens with zero attached hydrogens (tertiary/aromatic N) is 1. The van der Waals surface area contributed by atoms with Gasteiger partial charge in [0.15, 0.2) is 0 Å². The number of methoxy groups -OCH3 is 1. The van der Waals surface area contributed by atoms with Gasteiger partial charge in [0, 0.05) is 6.54 Å². The average Bonchev–Trinajstić information content (AvgIpc) is 2.75. The van der Waals surface area contributed by atoms with Gasteiger partial charge in [0.1, 0.15) is 5.75 Å². The Bertz CT molecular complexity index is 807. The maximum Gasteiger partial charge on any atom is 0.306 e. The standard InChI is InChI=1S/C25H33NO3.2ClH/c1-3-4-11-24(25(27)28)19-13-15-26(16-14-19)18-21-8-5-6-12-23(21)20-9-7-10-22(17-20)29-2;;/h5-10,12,17,19,24H,3-4,11,13-16,18H2,1-2H3,(H,27,28);2*1H. The fourth-order valence-corrected chi connectivity index (χ4v) is 4.47. The van der Waals surface area contributed by atoms with Crippen molar-refractivity contribution in [3.63, 3.8) is 0 Å². The van der Waals surface area contributed by atoms with E-state index in [1.807, 2.05) is 12.1 Å². The van der Waals surface area contributed by atoms with Crippen molar-refractivity contribution in [3.8, 4) is 16.9 Å². The highest BCUT2D eigenvalue weighted by Crippen LogP contribution is 2.32. The number of ether oxygens (including phenoxy) is 1. The molecule has 1 saturated heterocycles. The van der Waals surface area contributed by atoms with Crippen molar-refractivity contribution in [3.05, 3.63) is 54.1 Å². The average molecular weight is 468 g/mol. The lowest BCUT2D eigenvalue weighted by molar-refractivity contribution is -0.144. The zero-order valence-electron chi connectivity index (χ0n) is 18.5. The Kier molecular flexibility index (Phi) is 12.0. The molecule has 3 rings (SSSR count). The number of aliphatic carboxylic acids is 1. The molecule has 1 N–H and O–H groups in total. The van der Waals surface area contributed by atoms with E-state index in [-0.39, 0.29) is 30.7 Å². The second kappa shape index (κ2) is 13.6. The summed E-state index contributed by atoms with van der Waals surface area (Å²) < 4.78 is 5.39. The van der Waals surface area contributed by atoms with Crippen molar-refractivity contribution in [2.24, 2.45) is 11.8 Å². The van der Waals surface area contributed by atoms with Crippen LogP contribution in [0.2, 0.25) is 0 Å². The minimum absolute atomic E-state index is 0. The molecular formula is C25H35Cl2NO3. The number of rotatable bonds is 9. The third-order valence-electron chi connectivity index (χ3n) is 6.18. The lowest BCUT2D eigenvalue weighted by Crippen LogP contribution is -2.37. The van der Waals surface area contributed by atoms with Gasteiger partial charge >= 0.3 is 5.97 Å². The number of halogens is 2. The van der Waals surface area contributed by atoms with E-state index in [9.17, 15) is 9.90 Å². The zero-order chi connectivity index (χ0) is 20.6. The minimum atomic E-state index is -0.611. The molecule has 2 aromatic carbocycles. The summed E-state index contributed by atoms with van der Waals surface area (Å²) in [5.74, 6) is 0.385. The van der Waals surface area contributed by atoms with Crippen LogP contribution in [0.25, 0.3) is 11.1 Å². The summed E-state index contributed by atoms with van der Waals surface area (Å²) in [4.78, 5) is 14.2. The third-order valence-corrected chi connectivity index (χ3v) is 6.18. The number of carbonyl (C=O) groups is 1. The number of hydrogen-bond acceptors (Lipinski definition) is 3. The Hall–Kier alpha value is -1.75. The first-order valence-corrected chi connectivity index (χ1v) is 10.8. The lowest BCUT2D eigenvalue weighted by Gasteiger charge is -2.35. The third kappa shape index (κ3) is 7.41. The Morgan fingerprint density at radius 2 is 1.84 bits per heavy atom. The van der Waals surface area contributed by atoms with Gasteiger partial charge in [-0.3, -0.25) is 9.69 Å². The summed E-state index contributed by atoms with van der Waals surface area (Å²) in [6, 6.07) is 16.7. The first-order chi connectivity index (χ1) is 14.1. The van der Waals surface area contributed by atoms with Gasteiger partial charge in [-0.15, -0.1) is 24.8 Å². The quantitative estimate of drug-likeness (QED) is 0.469. The number of carboxylic acids is 1. The normalized spacial score (nSPS) is 15.4. The molecular weight excluding hydrogens is 433 g/mol. The van der Waals surface area contributed by atoms with E-state index in [1.54, 1.807) is 7.11 Å². The second-order valence-corrected chi connectivity index (χ2v) is 8.09. The first-order valence-electron chi connectivity index (χ1n) is 10.8. The molecule has 31 heavy (non-hydrogen) atoms. The summed E-state index contributed by atoms with van der Waals surface area (Å²) >= 11 is 0. The molecule has 4 nitrogen and oxygen atoms in total. The molecule has 2 aromatic rings. The molecule has 0 amide bonds. The van der Waals surface area contributed by atoms with Crippen LogP contribution in [-0.4, -0.2) is 36.2 Å². The summed E-state index contributed by atoms with van der Waals surface area (Å²) in [6.07, 6.45) is 4.83. The van der Waals surface area contributed by atoms with Crippen LogP contribution in [0.4, 0.5) is 0 Å². The van der Waals surface area contributed by atoms with Gasteiger partial charge < -0.3 is 9.84 Å². The lowest BCUT2D eigenvalue weighted by atomic mass is 9.81. The van der Waals surface area contributed by atoms with E-state index >= 15 is 0 Å². The number of hydrogen-bond donors (Lipinski definition) is 1. The molecule has 1 atom stereocenters. The van der Waals surface area contributed by atoms with Gasteiger partial charge in [0.05, 0.1) is 13.0 Å². The summed E-state index contributed by atoms with van der Waals surface area (Å²) in [5.41, 5.74) is 3.71. The largest absolute Gasteiger partial charge is 0.497 e. The molecule has 0 saturated carbocycles. The van der Waals surface area contributed by atoms with E-state index < -0.39 is 5.97 Å². The maximum atomic E-state index is 11.7. The van der Waals surface area contributed by atoms with E-state index in [4.69, 9.17) is 4.74 Å². The molecule has 1 aliphatic heterocycles. The number of unbranched alkanes of at least 4 members (excludes halogenated alkanes) is 1. The fourth-order valence-electron chi connectivity index (χ4n) is 4.47. The van der Waals surface area contributed by atoms with Crippen LogP contribution in [0.1, 0.15) is 44.6 Å². The Labute approximate surface area is 198 Å². The monoisotopic (exact) mass is 467 g/mol. The molecule has 0 spiro atoms. The van der Waals surface area contributed by atoms with Crippen LogP contribution in [-0.2, 0) is 11.3 Å². The molecule has 1 heterocycles. The van der Waals surface area contributed by atoms with E-state index in [2.05, 4.69) is 48.2 Å². The molecule has 0 aromatic heterocycles. The minimum Gasteiger partial charge on any atom is -0.497 e. The van der Waals surface area contributed by atoms with Gasteiger partial charge in [-0.1, -0.05) is 56.2 Å². The van der Waals surface area contributed by atoms with Gasteiger partial charge in [-0.05, 0) is 67.1 Å². The highest BCUT2D eigenvalue weighted by atomic mass is 35.5. The molecule has 0 bridgehead atoms. The summed E-state index contributed by atoms with van der Waals surface area (Å²) in [5, 5.41) is 9.63. The summed E-state index contributed by atoms with van der Waals surface area (Å²) in [7, 11) is 1.69. The van der Waals surface area contributed by atoms with Crippen LogP contribution < -0.4 is 4.74 Å². The predicted octanol–water partition coefficient (Wildman–Crippen LogP) is 6.31. The molecule has 1 unspecified atom stereocenters. The second-order valence-electron chi connectivity index (χ2n) is 8.09. The van der Waals surface area contributed by atoms with Crippen LogP contribution in [0, 0.1) is 11.8 Å². The number of benzene rings is 2. The highest BCUT2D eigenvalue weighted by Gasteiger charge is 2.30. The van der Waals surface area contributed by atoms with E-state index in [0.29, 0.717) is 5.92 Å². The smallest absolute Gasteiger partial charge is 0.306 e. The topological polar surface area (TPSA) is 49.8 Å². The SMILES string of the molecule is CCCCC(C(=O)O)C1CCN(Cc2ccccc2-c2cccc(OC)c2)CC1.Cl.Cl. The van der Waals surface area contributed by atoms with Crippen molar-refractivity contribution >= 4 is 30.8 Å².